The summed E-state index contributed by atoms with van der Waals surface area (Å²) in [5.74, 6) is 1.23. The zero-order valence-corrected chi connectivity index (χ0v) is 16.3. The van der Waals surface area contributed by atoms with Gasteiger partial charge in [-0.15, -0.1) is 0 Å². The highest BCUT2D eigenvalue weighted by Gasteiger charge is 2.22. The molecule has 0 amide bonds. The number of fused-ring (bicyclic) bond motifs is 1. The first kappa shape index (κ1) is 17.4. The van der Waals surface area contributed by atoms with Crippen LogP contribution in [-0.4, -0.2) is 24.3 Å². The number of hydrogen-bond acceptors (Lipinski definition) is 5. The predicted octanol–water partition coefficient (Wildman–Crippen LogP) is 4.27. The maximum atomic E-state index is 12.7. The fourth-order valence-corrected chi connectivity index (χ4v) is 4.74. The highest BCUT2D eigenvalue weighted by atomic mass is 16.1. The van der Waals surface area contributed by atoms with E-state index in [9.17, 15) is 4.79 Å². The lowest BCUT2D eigenvalue weighted by Crippen LogP contribution is -2.24. The van der Waals surface area contributed by atoms with Crippen LogP contribution in [0, 0.1) is 6.92 Å². The summed E-state index contributed by atoms with van der Waals surface area (Å²) in [5, 5.41) is 8.83. The third kappa shape index (κ3) is 3.08. The molecule has 0 spiro atoms. The molecule has 3 aromatic rings. The van der Waals surface area contributed by atoms with Crippen molar-refractivity contribution in [2.24, 2.45) is 0 Å². The molecule has 3 aromatic heterocycles. The highest BCUT2D eigenvalue weighted by molar-refractivity contribution is 5.79. The van der Waals surface area contributed by atoms with E-state index in [1.54, 1.807) is 6.07 Å². The van der Waals surface area contributed by atoms with Gasteiger partial charge in [-0.2, -0.15) is 10.1 Å². The molecule has 2 aliphatic rings. The van der Waals surface area contributed by atoms with E-state index in [1.807, 2.05) is 30.0 Å². The van der Waals surface area contributed by atoms with Gasteiger partial charge in [0.15, 0.2) is 5.82 Å². The number of nitrogens with one attached hydrogen (secondary N) is 1. The molecule has 0 aromatic carbocycles. The topological polar surface area (TPSA) is 77.6 Å². The van der Waals surface area contributed by atoms with Crippen LogP contribution in [0.25, 0.3) is 11.0 Å². The molecule has 3 heterocycles. The average molecular weight is 378 g/mol. The van der Waals surface area contributed by atoms with Crippen molar-refractivity contribution in [3.63, 3.8) is 0 Å². The van der Waals surface area contributed by atoms with Crippen molar-refractivity contribution in [1.29, 1.82) is 0 Å². The van der Waals surface area contributed by atoms with Crippen molar-refractivity contribution in [3.05, 3.63) is 40.4 Å². The van der Waals surface area contributed by atoms with Crippen LogP contribution in [0.5, 0.6) is 0 Å². The van der Waals surface area contributed by atoms with E-state index in [2.05, 4.69) is 20.1 Å². The summed E-state index contributed by atoms with van der Waals surface area (Å²) in [5.41, 5.74) is 1.68. The Hall–Kier alpha value is -2.70. The van der Waals surface area contributed by atoms with E-state index < -0.39 is 0 Å². The molecule has 0 unspecified atom stereocenters. The molecule has 0 saturated heterocycles. The van der Waals surface area contributed by atoms with E-state index in [0.29, 0.717) is 12.0 Å². The summed E-state index contributed by atoms with van der Waals surface area (Å²) in [6.45, 7) is 1.95. The van der Waals surface area contributed by atoms with Crippen molar-refractivity contribution in [3.8, 4) is 0 Å². The molecular formula is C21H26N6O. The van der Waals surface area contributed by atoms with Gasteiger partial charge in [0.2, 0.25) is 5.95 Å². The van der Waals surface area contributed by atoms with Crippen LogP contribution in [0.15, 0.2) is 29.3 Å². The van der Waals surface area contributed by atoms with Gasteiger partial charge in [0.25, 0.3) is 5.56 Å². The fourth-order valence-electron chi connectivity index (χ4n) is 4.74. The Kier molecular flexibility index (Phi) is 4.37. The summed E-state index contributed by atoms with van der Waals surface area (Å²) in [6.07, 6.45) is 13.2. The molecule has 7 heteroatoms. The largest absolute Gasteiger partial charge is 0.307 e. The van der Waals surface area contributed by atoms with Crippen molar-refractivity contribution in [1.82, 2.24) is 24.3 Å². The molecule has 0 atom stereocenters. The van der Waals surface area contributed by atoms with Gasteiger partial charge in [0.05, 0.1) is 6.04 Å². The molecule has 146 valence electrons. The molecule has 0 bridgehead atoms. The van der Waals surface area contributed by atoms with Crippen LogP contribution in [-0.2, 0) is 0 Å². The van der Waals surface area contributed by atoms with E-state index in [0.717, 1.165) is 35.3 Å². The maximum Gasteiger partial charge on any atom is 0.252 e. The summed E-state index contributed by atoms with van der Waals surface area (Å²) < 4.78 is 3.92. The molecule has 2 aliphatic carbocycles. The smallest absolute Gasteiger partial charge is 0.252 e. The van der Waals surface area contributed by atoms with Gasteiger partial charge in [0.1, 0.15) is 5.65 Å². The normalized spacial score (nSPS) is 18.3. The van der Waals surface area contributed by atoms with Crippen LogP contribution in [0.4, 0.5) is 11.8 Å². The summed E-state index contributed by atoms with van der Waals surface area (Å²) in [7, 11) is 0. The second-order valence-electron chi connectivity index (χ2n) is 8.15. The molecule has 0 aliphatic heterocycles. The lowest BCUT2D eigenvalue weighted by atomic mass is 10.1. The van der Waals surface area contributed by atoms with E-state index >= 15 is 0 Å². The van der Waals surface area contributed by atoms with Gasteiger partial charge in [-0.1, -0.05) is 25.7 Å². The molecule has 5 rings (SSSR count). The zero-order valence-electron chi connectivity index (χ0n) is 16.3. The average Bonchev–Trinajstić information content (AvgIpc) is 3.44. The summed E-state index contributed by atoms with van der Waals surface area (Å²) >= 11 is 0. The number of aryl methyl sites for hydroxylation is 1. The number of hydrogen-bond donors (Lipinski definition) is 1. The Labute approximate surface area is 163 Å². The van der Waals surface area contributed by atoms with Crippen LogP contribution in [0.2, 0.25) is 0 Å². The SMILES string of the molecule is Cc1cc(=O)n(C2CCCC2)c2nc(Nc3ccn(C4CCCC4)n3)ncc12. The van der Waals surface area contributed by atoms with E-state index in [1.165, 1.54) is 38.5 Å². The number of rotatable bonds is 4. The highest BCUT2D eigenvalue weighted by Crippen LogP contribution is 2.31. The third-order valence-electron chi connectivity index (χ3n) is 6.24. The van der Waals surface area contributed by atoms with Crippen LogP contribution < -0.4 is 10.9 Å². The zero-order chi connectivity index (χ0) is 19.1. The summed E-state index contributed by atoms with van der Waals surface area (Å²) in [4.78, 5) is 21.9. The minimum Gasteiger partial charge on any atom is -0.307 e. The number of pyridine rings is 1. The number of nitrogens with zero attached hydrogens (tertiary/aromatic N) is 5. The van der Waals surface area contributed by atoms with Crippen molar-refractivity contribution in [2.45, 2.75) is 70.4 Å². The molecule has 28 heavy (non-hydrogen) atoms. The summed E-state index contributed by atoms with van der Waals surface area (Å²) in [6, 6.07) is 4.41. The molecule has 1 N–H and O–H groups in total. The number of aromatic nitrogens is 5. The van der Waals surface area contributed by atoms with Crippen LogP contribution in [0.3, 0.4) is 0 Å². The predicted molar refractivity (Wildman–Crippen MR) is 109 cm³/mol. The van der Waals surface area contributed by atoms with Crippen molar-refractivity contribution < 1.29 is 0 Å². The van der Waals surface area contributed by atoms with Crippen LogP contribution >= 0.6 is 0 Å². The molecular weight excluding hydrogens is 352 g/mol. The van der Waals surface area contributed by atoms with Gasteiger partial charge in [-0.05, 0) is 38.2 Å². The first-order valence-corrected chi connectivity index (χ1v) is 10.4. The standard InChI is InChI=1S/C21H26N6O/c1-14-12-19(28)27(16-8-4-5-9-16)20-17(14)13-22-21(24-20)23-18-10-11-26(25-18)15-6-2-3-7-15/h10-13,15-16H,2-9H2,1H3,(H,22,23,24,25). The Morgan fingerprint density at radius 2 is 1.79 bits per heavy atom. The Morgan fingerprint density at radius 1 is 1.07 bits per heavy atom. The monoisotopic (exact) mass is 378 g/mol. The Balaban J connectivity index is 1.50. The molecule has 0 radical (unpaired) electrons. The van der Waals surface area contributed by atoms with Crippen molar-refractivity contribution in [2.75, 3.05) is 5.32 Å². The first-order chi connectivity index (χ1) is 13.7. The Bertz CT molecular complexity index is 1060. The number of anilines is 2. The Morgan fingerprint density at radius 3 is 2.54 bits per heavy atom. The third-order valence-corrected chi connectivity index (χ3v) is 6.24. The van der Waals surface area contributed by atoms with Gasteiger partial charge >= 0.3 is 0 Å². The lowest BCUT2D eigenvalue weighted by Gasteiger charge is -2.17. The second-order valence-corrected chi connectivity index (χ2v) is 8.15. The van der Waals surface area contributed by atoms with Crippen molar-refractivity contribution >= 4 is 22.8 Å². The fraction of sp³-hybridized carbons (Fsp3) is 0.524. The van der Waals surface area contributed by atoms with Gasteiger partial charge in [-0.25, -0.2) is 4.98 Å². The first-order valence-electron chi connectivity index (χ1n) is 10.4. The second kappa shape index (κ2) is 7.04. The van der Waals surface area contributed by atoms with Gasteiger partial charge in [-0.3, -0.25) is 14.0 Å². The van der Waals surface area contributed by atoms with Gasteiger partial charge < -0.3 is 5.32 Å². The molecule has 2 saturated carbocycles. The van der Waals surface area contributed by atoms with E-state index in [-0.39, 0.29) is 11.6 Å². The molecule has 7 nitrogen and oxygen atoms in total. The lowest BCUT2D eigenvalue weighted by molar-refractivity contribution is 0.468. The minimum atomic E-state index is 0.0343. The van der Waals surface area contributed by atoms with E-state index in [4.69, 9.17) is 4.98 Å². The quantitative estimate of drug-likeness (QED) is 0.733. The molecule has 2 fully saturated rings. The maximum absolute atomic E-state index is 12.7. The van der Waals surface area contributed by atoms with Gasteiger partial charge in [0, 0.05) is 36.0 Å². The minimum absolute atomic E-state index is 0.0343. The van der Waals surface area contributed by atoms with Crippen LogP contribution in [0.1, 0.15) is 69.0 Å².